The molecule has 19 heavy (non-hydrogen) atoms. The minimum Gasteiger partial charge on any atom is -0.393 e. The molecule has 0 aromatic carbocycles. The zero-order valence-electron chi connectivity index (χ0n) is 12.1. The van der Waals surface area contributed by atoms with Gasteiger partial charge in [-0.1, -0.05) is 6.42 Å². The van der Waals surface area contributed by atoms with Gasteiger partial charge in [0.25, 0.3) is 0 Å². The fourth-order valence-corrected chi connectivity index (χ4v) is 3.20. The SMILES string of the molecule is C[C@H]1CCC[C@H](C)N1NC(=O)NC1CCC(O)CC1. The first-order valence-corrected chi connectivity index (χ1v) is 7.60. The van der Waals surface area contributed by atoms with Gasteiger partial charge in [-0.3, -0.25) is 5.43 Å². The zero-order chi connectivity index (χ0) is 13.8. The summed E-state index contributed by atoms with van der Waals surface area (Å²) in [6, 6.07) is 0.922. The Balaban J connectivity index is 1.77. The Kier molecular flexibility index (Phi) is 5.05. The van der Waals surface area contributed by atoms with E-state index in [0.29, 0.717) is 12.1 Å². The number of aliphatic hydroxyl groups is 1. The van der Waals surface area contributed by atoms with Gasteiger partial charge in [0.2, 0.25) is 0 Å². The van der Waals surface area contributed by atoms with Crippen LogP contribution in [-0.4, -0.2) is 40.4 Å². The lowest BCUT2D eigenvalue weighted by Gasteiger charge is -2.39. The average Bonchev–Trinajstić information content (AvgIpc) is 2.37. The van der Waals surface area contributed by atoms with E-state index < -0.39 is 0 Å². The zero-order valence-corrected chi connectivity index (χ0v) is 12.1. The second-order valence-electron chi connectivity index (χ2n) is 6.13. The fraction of sp³-hybridized carbons (Fsp3) is 0.929. The summed E-state index contributed by atoms with van der Waals surface area (Å²) >= 11 is 0. The summed E-state index contributed by atoms with van der Waals surface area (Å²) in [4.78, 5) is 12.0. The second kappa shape index (κ2) is 6.57. The van der Waals surface area contributed by atoms with Crippen molar-refractivity contribution in [2.24, 2.45) is 0 Å². The summed E-state index contributed by atoms with van der Waals surface area (Å²) in [5.74, 6) is 0. The maximum atomic E-state index is 12.0. The molecule has 2 atom stereocenters. The first kappa shape index (κ1) is 14.6. The van der Waals surface area contributed by atoms with Crippen LogP contribution in [0.1, 0.15) is 58.8 Å². The van der Waals surface area contributed by atoms with E-state index in [4.69, 9.17) is 0 Å². The van der Waals surface area contributed by atoms with Crippen LogP contribution in [0, 0.1) is 0 Å². The maximum Gasteiger partial charge on any atom is 0.329 e. The van der Waals surface area contributed by atoms with Gasteiger partial charge in [-0.25, -0.2) is 9.80 Å². The summed E-state index contributed by atoms with van der Waals surface area (Å²) in [5, 5.41) is 14.6. The van der Waals surface area contributed by atoms with Crippen molar-refractivity contribution >= 4 is 6.03 Å². The lowest BCUT2D eigenvalue weighted by molar-refractivity contribution is 0.0573. The normalized spacial score (nSPS) is 36.8. The van der Waals surface area contributed by atoms with Crippen LogP contribution in [-0.2, 0) is 0 Å². The van der Waals surface area contributed by atoms with Crippen molar-refractivity contribution in [2.75, 3.05) is 0 Å². The molecule has 2 aliphatic rings. The molecule has 0 spiro atoms. The number of nitrogens with zero attached hydrogens (tertiary/aromatic N) is 1. The number of urea groups is 1. The molecule has 110 valence electrons. The fourth-order valence-electron chi connectivity index (χ4n) is 3.20. The third-order valence-corrected chi connectivity index (χ3v) is 4.46. The van der Waals surface area contributed by atoms with Crippen molar-refractivity contribution in [3.8, 4) is 0 Å². The molecule has 5 nitrogen and oxygen atoms in total. The van der Waals surface area contributed by atoms with Crippen LogP contribution in [0.25, 0.3) is 0 Å². The quantitative estimate of drug-likeness (QED) is 0.716. The molecular formula is C14H27N3O2. The standard InChI is InChI=1S/C14H27N3O2/c1-10-4-3-5-11(2)17(10)16-14(19)15-12-6-8-13(18)9-7-12/h10-13,18H,3-9H2,1-2H3,(H2,15,16,19)/t10-,11-,12?,13?/m0/s1. The highest BCUT2D eigenvalue weighted by molar-refractivity contribution is 5.73. The summed E-state index contributed by atoms with van der Waals surface area (Å²) in [7, 11) is 0. The Morgan fingerprint density at radius 2 is 1.63 bits per heavy atom. The lowest BCUT2D eigenvalue weighted by Crippen LogP contribution is -2.57. The summed E-state index contributed by atoms with van der Waals surface area (Å²) in [6.07, 6.45) is 6.68. The van der Waals surface area contributed by atoms with Crippen LogP contribution in [0.2, 0.25) is 0 Å². The number of amides is 2. The van der Waals surface area contributed by atoms with Crippen molar-refractivity contribution in [1.29, 1.82) is 0 Å². The van der Waals surface area contributed by atoms with Gasteiger partial charge in [-0.15, -0.1) is 0 Å². The minimum atomic E-state index is -0.178. The van der Waals surface area contributed by atoms with Crippen LogP contribution in [0.15, 0.2) is 0 Å². The van der Waals surface area contributed by atoms with Crippen molar-refractivity contribution in [3.63, 3.8) is 0 Å². The summed E-state index contributed by atoms with van der Waals surface area (Å²) < 4.78 is 0. The summed E-state index contributed by atoms with van der Waals surface area (Å²) in [6.45, 7) is 4.32. The van der Waals surface area contributed by atoms with E-state index in [0.717, 1.165) is 38.5 Å². The molecule has 1 aliphatic heterocycles. The Labute approximate surface area is 115 Å². The highest BCUT2D eigenvalue weighted by Crippen LogP contribution is 2.21. The van der Waals surface area contributed by atoms with E-state index in [-0.39, 0.29) is 18.2 Å². The average molecular weight is 269 g/mol. The van der Waals surface area contributed by atoms with Gasteiger partial charge >= 0.3 is 6.03 Å². The number of hydrogen-bond acceptors (Lipinski definition) is 3. The Hall–Kier alpha value is -0.810. The number of nitrogens with one attached hydrogen (secondary N) is 2. The number of piperidine rings is 1. The molecule has 1 heterocycles. The second-order valence-corrected chi connectivity index (χ2v) is 6.13. The maximum absolute atomic E-state index is 12.0. The molecule has 2 rings (SSSR count). The van der Waals surface area contributed by atoms with Gasteiger partial charge in [0.05, 0.1) is 6.10 Å². The minimum absolute atomic E-state index is 0.0954. The van der Waals surface area contributed by atoms with E-state index in [2.05, 4.69) is 29.6 Å². The first-order chi connectivity index (χ1) is 9.06. The van der Waals surface area contributed by atoms with E-state index >= 15 is 0 Å². The van der Waals surface area contributed by atoms with Gasteiger partial charge in [0, 0.05) is 18.1 Å². The number of rotatable bonds is 2. The molecule has 2 fully saturated rings. The van der Waals surface area contributed by atoms with Crippen molar-refractivity contribution in [2.45, 2.75) is 83.0 Å². The predicted octanol–water partition coefficient (Wildman–Crippen LogP) is 1.77. The third-order valence-electron chi connectivity index (χ3n) is 4.46. The molecule has 0 radical (unpaired) electrons. The van der Waals surface area contributed by atoms with Crippen molar-refractivity contribution in [3.05, 3.63) is 0 Å². The molecule has 0 aromatic heterocycles. The Bertz CT molecular complexity index is 293. The molecule has 1 aliphatic carbocycles. The highest BCUT2D eigenvalue weighted by Gasteiger charge is 2.27. The van der Waals surface area contributed by atoms with E-state index in [1.165, 1.54) is 6.42 Å². The van der Waals surface area contributed by atoms with E-state index in [9.17, 15) is 9.90 Å². The molecule has 1 saturated carbocycles. The van der Waals surface area contributed by atoms with Crippen LogP contribution in [0.3, 0.4) is 0 Å². The number of carbonyl (C=O) groups excluding carboxylic acids is 1. The van der Waals surface area contributed by atoms with E-state index in [1.54, 1.807) is 0 Å². The number of carbonyl (C=O) groups is 1. The Morgan fingerprint density at radius 1 is 1.05 bits per heavy atom. The van der Waals surface area contributed by atoms with Crippen LogP contribution < -0.4 is 10.7 Å². The molecule has 5 heteroatoms. The Morgan fingerprint density at radius 3 is 2.21 bits per heavy atom. The van der Waals surface area contributed by atoms with E-state index in [1.807, 2.05) is 0 Å². The van der Waals surface area contributed by atoms with Crippen molar-refractivity contribution in [1.82, 2.24) is 15.8 Å². The molecule has 1 saturated heterocycles. The largest absolute Gasteiger partial charge is 0.393 e. The predicted molar refractivity (Wildman–Crippen MR) is 74.5 cm³/mol. The monoisotopic (exact) mass is 269 g/mol. The first-order valence-electron chi connectivity index (χ1n) is 7.60. The van der Waals surface area contributed by atoms with Crippen LogP contribution in [0.5, 0.6) is 0 Å². The van der Waals surface area contributed by atoms with Gasteiger partial charge < -0.3 is 10.4 Å². The molecule has 2 amide bonds. The molecule has 0 unspecified atom stereocenters. The number of hydrogen-bond donors (Lipinski definition) is 3. The van der Waals surface area contributed by atoms with Crippen molar-refractivity contribution < 1.29 is 9.90 Å². The molecular weight excluding hydrogens is 242 g/mol. The highest BCUT2D eigenvalue weighted by atomic mass is 16.3. The summed E-state index contributed by atoms with van der Waals surface area (Å²) in [5.41, 5.74) is 3.00. The molecule has 3 N–H and O–H groups in total. The van der Waals surface area contributed by atoms with Crippen LogP contribution >= 0.6 is 0 Å². The topological polar surface area (TPSA) is 64.6 Å². The number of aliphatic hydroxyl groups excluding tert-OH is 1. The molecule has 0 aromatic rings. The smallest absolute Gasteiger partial charge is 0.329 e. The van der Waals surface area contributed by atoms with Gasteiger partial charge in [-0.2, -0.15) is 0 Å². The van der Waals surface area contributed by atoms with Crippen LogP contribution in [0.4, 0.5) is 4.79 Å². The molecule has 0 bridgehead atoms. The van der Waals surface area contributed by atoms with Gasteiger partial charge in [0.15, 0.2) is 0 Å². The van der Waals surface area contributed by atoms with Gasteiger partial charge in [-0.05, 0) is 52.4 Å². The number of hydrazine groups is 1. The van der Waals surface area contributed by atoms with Gasteiger partial charge in [0.1, 0.15) is 0 Å². The lowest BCUT2D eigenvalue weighted by atomic mass is 9.93. The third kappa shape index (κ3) is 4.08.